The van der Waals surface area contributed by atoms with Gasteiger partial charge in [0.2, 0.25) is 5.91 Å². The number of nitrogens with zero attached hydrogens (tertiary/aromatic N) is 5. The minimum absolute atomic E-state index is 0.0353. The molecule has 1 aliphatic rings. The van der Waals surface area contributed by atoms with Crippen LogP contribution in [-0.2, 0) is 4.79 Å². The van der Waals surface area contributed by atoms with Gasteiger partial charge < -0.3 is 14.5 Å². The molecule has 1 atom stereocenters. The van der Waals surface area contributed by atoms with E-state index >= 15 is 0 Å². The van der Waals surface area contributed by atoms with Crippen LogP contribution in [0.3, 0.4) is 0 Å². The second kappa shape index (κ2) is 13.0. The standard InChI is InChI=1S/C32H35N5O3S/c1-23-12-7-8-15-26(23)31(39)36-20-19-35(22-24(36)2)29(38)18-11-21-41-32-34-33-30(25-13-5-4-6-14-25)37(32)27-16-9-10-17-28(27)40-3/h4-10,12-17,24H,11,18-22H2,1-3H3. The molecule has 2 amide bonds. The number of methoxy groups -OCH3 is 1. The lowest BCUT2D eigenvalue weighted by Crippen LogP contribution is -2.55. The van der Waals surface area contributed by atoms with E-state index < -0.39 is 0 Å². The van der Waals surface area contributed by atoms with Crippen LogP contribution in [0.1, 0.15) is 35.7 Å². The van der Waals surface area contributed by atoms with Crippen molar-refractivity contribution in [3.63, 3.8) is 0 Å². The lowest BCUT2D eigenvalue weighted by molar-refractivity contribution is -0.133. The Balaban J connectivity index is 1.20. The van der Waals surface area contributed by atoms with Crippen molar-refractivity contribution in [1.82, 2.24) is 24.6 Å². The highest BCUT2D eigenvalue weighted by atomic mass is 32.2. The van der Waals surface area contributed by atoms with Gasteiger partial charge in [0.25, 0.3) is 5.91 Å². The largest absolute Gasteiger partial charge is 0.495 e. The van der Waals surface area contributed by atoms with E-state index in [1.165, 1.54) is 0 Å². The third-order valence-corrected chi connectivity index (χ3v) is 8.39. The van der Waals surface area contributed by atoms with Gasteiger partial charge in [0.05, 0.1) is 12.8 Å². The molecule has 0 spiro atoms. The molecule has 2 heterocycles. The fourth-order valence-corrected chi connectivity index (χ4v) is 6.05. The topological polar surface area (TPSA) is 80.6 Å². The number of amides is 2. The molecule has 212 valence electrons. The molecule has 0 radical (unpaired) electrons. The number of ether oxygens (including phenoxy) is 1. The fraction of sp³-hybridized carbons (Fsp3) is 0.312. The van der Waals surface area contributed by atoms with Gasteiger partial charge in [0.1, 0.15) is 5.75 Å². The number of aromatic nitrogens is 3. The number of hydrogen-bond donors (Lipinski definition) is 0. The van der Waals surface area contributed by atoms with E-state index in [2.05, 4.69) is 10.2 Å². The van der Waals surface area contributed by atoms with Crippen LogP contribution in [0.4, 0.5) is 0 Å². The van der Waals surface area contributed by atoms with Crippen molar-refractivity contribution in [1.29, 1.82) is 0 Å². The first-order chi connectivity index (χ1) is 20.0. The summed E-state index contributed by atoms with van der Waals surface area (Å²) in [6, 6.07) is 25.4. The second-order valence-electron chi connectivity index (χ2n) is 10.1. The summed E-state index contributed by atoms with van der Waals surface area (Å²) < 4.78 is 7.66. The lowest BCUT2D eigenvalue weighted by atomic mass is 10.1. The quantitative estimate of drug-likeness (QED) is 0.196. The van der Waals surface area contributed by atoms with E-state index in [0.29, 0.717) is 32.5 Å². The minimum atomic E-state index is -0.0370. The number of aryl methyl sites for hydroxylation is 1. The maximum atomic E-state index is 13.1. The molecule has 9 heteroatoms. The smallest absolute Gasteiger partial charge is 0.254 e. The zero-order valence-electron chi connectivity index (χ0n) is 23.7. The van der Waals surface area contributed by atoms with E-state index in [9.17, 15) is 9.59 Å². The van der Waals surface area contributed by atoms with Crippen LogP contribution in [0.25, 0.3) is 17.1 Å². The molecule has 0 saturated carbocycles. The number of benzene rings is 3. The number of carbonyl (C=O) groups excluding carboxylic acids is 2. The number of thioether (sulfide) groups is 1. The first-order valence-electron chi connectivity index (χ1n) is 13.9. The van der Waals surface area contributed by atoms with E-state index in [-0.39, 0.29) is 17.9 Å². The first-order valence-corrected chi connectivity index (χ1v) is 14.9. The third kappa shape index (κ3) is 6.30. The maximum Gasteiger partial charge on any atom is 0.254 e. The molecule has 5 rings (SSSR count). The summed E-state index contributed by atoms with van der Waals surface area (Å²) >= 11 is 1.58. The highest BCUT2D eigenvalue weighted by molar-refractivity contribution is 7.99. The Hall–Kier alpha value is -4.11. The molecule has 3 aromatic carbocycles. The van der Waals surface area contributed by atoms with Crippen LogP contribution in [-0.4, -0.2) is 74.9 Å². The van der Waals surface area contributed by atoms with Crippen molar-refractivity contribution in [3.8, 4) is 22.8 Å². The normalized spacial score (nSPS) is 15.1. The van der Waals surface area contributed by atoms with Gasteiger partial charge in [-0.3, -0.25) is 14.2 Å². The van der Waals surface area contributed by atoms with Gasteiger partial charge in [-0.15, -0.1) is 10.2 Å². The van der Waals surface area contributed by atoms with Crippen molar-refractivity contribution in [3.05, 3.63) is 90.0 Å². The van der Waals surface area contributed by atoms with Crippen molar-refractivity contribution in [2.75, 3.05) is 32.5 Å². The van der Waals surface area contributed by atoms with E-state index in [1.807, 2.05) is 107 Å². The van der Waals surface area contributed by atoms with Gasteiger partial charge in [-0.2, -0.15) is 0 Å². The molecule has 0 N–H and O–H groups in total. The average molecular weight is 570 g/mol. The summed E-state index contributed by atoms with van der Waals surface area (Å²) in [6.07, 6.45) is 1.15. The molecular formula is C32H35N5O3S. The molecule has 1 saturated heterocycles. The van der Waals surface area contributed by atoms with E-state index in [0.717, 1.165) is 44.9 Å². The van der Waals surface area contributed by atoms with Gasteiger partial charge in [-0.05, 0) is 44.0 Å². The number of para-hydroxylation sites is 2. The van der Waals surface area contributed by atoms with Crippen molar-refractivity contribution >= 4 is 23.6 Å². The first kappa shape index (κ1) is 28.4. The molecule has 4 aromatic rings. The second-order valence-corrected chi connectivity index (χ2v) is 11.2. The Bertz CT molecular complexity index is 1510. The molecule has 0 bridgehead atoms. The van der Waals surface area contributed by atoms with E-state index in [4.69, 9.17) is 4.74 Å². The van der Waals surface area contributed by atoms with Gasteiger partial charge in [-0.25, -0.2) is 0 Å². The highest BCUT2D eigenvalue weighted by Crippen LogP contribution is 2.32. The monoisotopic (exact) mass is 569 g/mol. The zero-order chi connectivity index (χ0) is 28.8. The van der Waals surface area contributed by atoms with Crippen molar-refractivity contribution < 1.29 is 14.3 Å². The molecular weight excluding hydrogens is 534 g/mol. The Morgan fingerprint density at radius 2 is 1.68 bits per heavy atom. The van der Waals surface area contributed by atoms with Crippen LogP contribution in [0.2, 0.25) is 0 Å². The van der Waals surface area contributed by atoms with Crippen molar-refractivity contribution in [2.24, 2.45) is 0 Å². The summed E-state index contributed by atoms with van der Waals surface area (Å²) in [4.78, 5) is 30.0. The van der Waals surface area contributed by atoms with Crippen molar-refractivity contribution in [2.45, 2.75) is 37.9 Å². The maximum absolute atomic E-state index is 13.1. The zero-order valence-corrected chi connectivity index (χ0v) is 24.5. The molecule has 1 aromatic heterocycles. The van der Waals surface area contributed by atoms with Crippen LogP contribution in [0, 0.1) is 6.92 Å². The Labute approximate surface area is 245 Å². The van der Waals surface area contributed by atoms with Crippen LogP contribution < -0.4 is 4.74 Å². The molecule has 1 fully saturated rings. The Morgan fingerprint density at radius 3 is 2.44 bits per heavy atom. The Morgan fingerprint density at radius 1 is 0.951 bits per heavy atom. The third-order valence-electron chi connectivity index (χ3n) is 7.37. The van der Waals surface area contributed by atoms with Gasteiger partial charge in [0, 0.05) is 49.0 Å². The number of carbonyl (C=O) groups is 2. The summed E-state index contributed by atoms with van der Waals surface area (Å²) in [5, 5.41) is 9.76. The van der Waals surface area contributed by atoms with Crippen LogP contribution in [0.5, 0.6) is 5.75 Å². The van der Waals surface area contributed by atoms with Gasteiger partial charge in [-0.1, -0.05) is 72.4 Å². The number of piperazine rings is 1. The molecule has 1 unspecified atom stereocenters. The number of hydrogen-bond acceptors (Lipinski definition) is 6. The predicted molar refractivity (Wildman–Crippen MR) is 162 cm³/mol. The Kier molecular flexibility index (Phi) is 9.04. The van der Waals surface area contributed by atoms with Crippen LogP contribution in [0.15, 0.2) is 84.0 Å². The summed E-state index contributed by atoms with van der Waals surface area (Å²) in [5.41, 5.74) is 3.53. The SMILES string of the molecule is COc1ccccc1-n1c(SCCCC(=O)N2CCN(C(=O)c3ccccc3C)C(C)C2)nnc1-c1ccccc1. The fourth-order valence-electron chi connectivity index (χ4n) is 5.17. The highest BCUT2D eigenvalue weighted by Gasteiger charge is 2.30. The molecule has 1 aliphatic heterocycles. The van der Waals surface area contributed by atoms with Gasteiger partial charge in [0.15, 0.2) is 11.0 Å². The minimum Gasteiger partial charge on any atom is -0.495 e. The molecule has 0 aliphatic carbocycles. The lowest BCUT2D eigenvalue weighted by Gasteiger charge is -2.40. The summed E-state index contributed by atoms with van der Waals surface area (Å²) in [7, 11) is 1.66. The summed E-state index contributed by atoms with van der Waals surface area (Å²) in [5.74, 6) is 2.34. The van der Waals surface area contributed by atoms with E-state index in [1.54, 1.807) is 18.9 Å². The number of rotatable bonds is 9. The average Bonchev–Trinajstić information content (AvgIpc) is 3.43. The molecule has 8 nitrogen and oxygen atoms in total. The summed E-state index contributed by atoms with van der Waals surface area (Å²) in [6.45, 7) is 5.61. The van der Waals surface area contributed by atoms with Gasteiger partial charge >= 0.3 is 0 Å². The van der Waals surface area contributed by atoms with Crippen LogP contribution >= 0.6 is 11.8 Å². The predicted octanol–water partition coefficient (Wildman–Crippen LogP) is 5.50. The molecule has 41 heavy (non-hydrogen) atoms.